The first-order valence-electron chi connectivity index (χ1n) is 7.59. The molecule has 4 heteroatoms. The SMILES string of the molecule is CCNCc1sc(-c2cccc(OCC)c2)nc1C(C)C. The van der Waals surface area contributed by atoms with E-state index in [0.717, 1.165) is 29.4 Å². The van der Waals surface area contributed by atoms with Crippen molar-refractivity contribution in [2.45, 2.75) is 40.2 Å². The van der Waals surface area contributed by atoms with Crippen LogP contribution in [0.3, 0.4) is 0 Å². The predicted octanol–water partition coefficient (Wildman–Crippen LogP) is 4.44. The van der Waals surface area contributed by atoms with E-state index in [2.05, 4.69) is 38.2 Å². The molecule has 0 saturated heterocycles. The smallest absolute Gasteiger partial charge is 0.124 e. The van der Waals surface area contributed by atoms with Crippen molar-refractivity contribution in [1.29, 1.82) is 0 Å². The first-order valence-corrected chi connectivity index (χ1v) is 8.40. The summed E-state index contributed by atoms with van der Waals surface area (Å²) in [4.78, 5) is 6.19. The third kappa shape index (κ3) is 4.05. The molecule has 0 radical (unpaired) electrons. The molecule has 0 aliphatic heterocycles. The Hall–Kier alpha value is -1.39. The van der Waals surface area contributed by atoms with E-state index >= 15 is 0 Å². The predicted molar refractivity (Wildman–Crippen MR) is 90.2 cm³/mol. The molecule has 0 aliphatic rings. The summed E-state index contributed by atoms with van der Waals surface area (Å²) in [6, 6.07) is 8.19. The fourth-order valence-corrected chi connectivity index (χ4v) is 3.37. The van der Waals surface area contributed by atoms with Gasteiger partial charge in [0.05, 0.1) is 12.3 Å². The molecule has 0 aliphatic carbocycles. The van der Waals surface area contributed by atoms with Crippen molar-refractivity contribution in [2.75, 3.05) is 13.2 Å². The lowest BCUT2D eigenvalue weighted by Crippen LogP contribution is -2.12. The molecular formula is C17H24N2OS. The number of nitrogens with zero attached hydrogens (tertiary/aromatic N) is 1. The van der Waals surface area contributed by atoms with Gasteiger partial charge in [0, 0.05) is 17.0 Å². The monoisotopic (exact) mass is 304 g/mol. The maximum atomic E-state index is 5.58. The summed E-state index contributed by atoms with van der Waals surface area (Å²) in [6.07, 6.45) is 0. The fraction of sp³-hybridized carbons (Fsp3) is 0.471. The lowest BCUT2D eigenvalue weighted by Gasteiger charge is -2.05. The van der Waals surface area contributed by atoms with Gasteiger partial charge in [-0.15, -0.1) is 11.3 Å². The van der Waals surface area contributed by atoms with E-state index in [9.17, 15) is 0 Å². The van der Waals surface area contributed by atoms with Gasteiger partial charge in [-0.05, 0) is 31.5 Å². The first-order chi connectivity index (χ1) is 10.2. The van der Waals surface area contributed by atoms with Gasteiger partial charge in [0.1, 0.15) is 10.8 Å². The lowest BCUT2D eigenvalue weighted by atomic mass is 10.1. The molecule has 0 unspecified atom stereocenters. The second-order valence-electron chi connectivity index (χ2n) is 5.22. The van der Waals surface area contributed by atoms with Crippen LogP contribution in [0.2, 0.25) is 0 Å². The summed E-state index contributed by atoms with van der Waals surface area (Å²) in [5.74, 6) is 1.35. The van der Waals surface area contributed by atoms with E-state index < -0.39 is 0 Å². The minimum atomic E-state index is 0.443. The van der Waals surface area contributed by atoms with Gasteiger partial charge in [-0.2, -0.15) is 0 Å². The molecular weight excluding hydrogens is 280 g/mol. The van der Waals surface area contributed by atoms with Crippen LogP contribution in [0.4, 0.5) is 0 Å². The van der Waals surface area contributed by atoms with Crippen LogP contribution in [-0.4, -0.2) is 18.1 Å². The van der Waals surface area contributed by atoms with Gasteiger partial charge in [0.15, 0.2) is 0 Å². The molecule has 1 N–H and O–H groups in total. The van der Waals surface area contributed by atoms with Crippen molar-refractivity contribution < 1.29 is 4.74 Å². The summed E-state index contributed by atoms with van der Waals surface area (Å²) >= 11 is 1.78. The zero-order chi connectivity index (χ0) is 15.2. The molecule has 1 aromatic heterocycles. The average molecular weight is 304 g/mol. The number of rotatable bonds is 7. The molecule has 0 bridgehead atoms. The van der Waals surface area contributed by atoms with Gasteiger partial charge >= 0.3 is 0 Å². The molecule has 1 heterocycles. The van der Waals surface area contributed by atoms with Crippen LogP contribution >= 0.6 is 11.3 Å². The van der Waals surface area contributed by atoms with Crippen molar-refractivity contribution in [3.63, 3.8) is 0 Å². The van der Waals surface area contributed by atoms with Gasteiger partial charge in [-0.1, -0.05) is 32.9 Å². The van der Waals surface area contributed by atoms with Crippen LogP contribution in [0.25, 0.3) is 10.6 Å². The Balaban J connectivity index is 2.32. The topological polar surface area (TPSA) is 34.1 Å². The highest BCUT2D eigenvalue weighted by Gasteiger charge is 2.15. The van der Waals surface area contributed by atoms with Crippen LogP contribution in [0, 0.1) is 0 Å². The third-order valence-corrected chi connectivity index (χ3v) is 4.32. The molecule has 2 aromatic rings. The van der Waals surface area contributed by atoms with Gasteiger partial charge in [-0.25, -0.2) is 4.98 Å². The Labute approximate surface area is 131 Å². The van der Waals surface area contributed by atoms with Crippen LogP contribution < -0.4 is 10.1 Å². The molecule has 0 fully saturated rings. The van der Waals surface area contributed by atoms with E-state index in [1.807, 2.05) is 19.1 Å². The van der Waals surface area contributed by atoms with Crippen molar-refractivity contribution in [3.05, 3.63) is 34.8 Å². The summed E-state index contributed by atoms with van der Waals surface area (Å²) in [7, 11) is 0. The highest BCUT2D eigenvalue weighted by Crippen LogP contribution is 2.33. The van der Waals surface area contributed by atoms with Gasteiger partial charge in [-0.3, -0.25) is 0 Å². The molecule has 21 heavy (non-hydrogen) atoms. The zero-order valence-corrected chi connectivity index (χ0v) is 14.1. The number of thiazole rings is 1. The normalized spacial score (nSPS) is 11.1. The molecule has 1 aromatic carbocycles. The van der Waals surface area contributed by atoms with Crippen molar-refractivity contribution in [2.24, 2.45) is 0 Å². The number of aromatic nitrogens is 1. The second-order valence-corrected chi connectivity index (χ2v) is 6.31. The summed E-state index contributed by atoms with van der Waals surface area (Å²) in [5.41, 5.74) is 2.34. The Morgan fingerprint density at radius 3 is 2.76 bits per heavy atom. The minimum absolute atomic E-state index is 0.443. The molecule has 3 nitrogen and oxygen atoms in total. The van der Waals surface area contributed by atoms with Crippen molar-refractivity contribution in [3.8, 4) is 16.3 Å². The maximum Gasteiger partial charge on any atom is 0.124 e. The van der Waals surface area contributed by atoms with Crippen LogP contribution in [-0.2, 0) is 6.54 Å². The van der Waals surface area contributed by atoms with Gasteiger partial charge in [0.2, 0.25) is 0 Å². The lowest BCUT2D eigenvalue weighted by molar-refractivity contribution is 0.340. The zero-order valence-electron chi connectivity index (χ0n) is 13.3. The molecule has 0 saturated carbocycles. The first kappa shape index (κ1) is 16.0. The van der Waals surface area contributed by atoms with E-state index in [1.165, 1.54) is 10.6 Å². The molecule has 0 amide bonds. The molecule has 0 spiro atoms. The van der Waals surface area contributed by atoms with E-state index in [-0.39, 0.29) is 0 Å². The number of benzene rings is 1. The Morgan fingerprint density at radius 2 is 2.10 bits per heavy atom. The summed E-state index contributed by atoms with van der Waals surface area (Å²) < 4.78 is 5.58. The van der Waals surface area contributed by atoms with Crippen molar-refractivity contribution in [1.82, 2.24) is 10.3 Å². The van der Waals surface area contributed by atoms with Crippen molar-refractivity contribution >= 4 is 11.3 Å². The highest BCUT2D eigenvalue weighted by molar-refractivity contribution is 7.15. The minimum Gasteiger partial charge on any atom is -0.494 e. The number of ether oxygens (including phenoxy) is 1. The standard InChI is InChI=1S/C17H24N2OS/c1-5-18-11-15-16(12(3)4)19-17(21-15)13-8-7-9-14(10-13)20-6-2/h7-10,12,18H,5-6,11H2,1-4H3. The van der Waals surface area contributed by atoms with Gasteiger partial charge in [0.25, 0.3) is 0 Å². The Bertz CT molecular complexity index is 578. The number of hydrogen-bond acceptors (Lipinski definition) is 4. The van der Waals surface area contributed by atoms with Gasteiger partial charge < -0.3 is 10.1 Å². The summed E-state index contributed by atoms with van der Waals surface area (Å²) in [6.45, 7) is 11.1. The third-order valence-electron chi connectivity index (χ3n) is 3.20. The maximum absolute atomic E-state index is 5.58. The average Bonchev–Trinajstić information content (AvgIpc) is 2.90. The van der Waals surface area contributed by atoms with Crippen LogP contribution in [0.1, 0.15) is 44.2 Å². The summed E-state index contributed by atoms with van der Waals surface area (Å²) in [5, 5.41) is 4.48. The van der Waals surface area contributed by atoms with Crippen LogP contribution in [0.5, 0.6) is 5.75 Å². The molecule has 2 rings (SSSR count). The fourth-order valence-electron chi connectivity index (χ4n) is 2.19. The van der Waals surface area contributed by atoms with Crippen LogP contribution in [0.15, 0.2) is 24.3 Å². The van der Waals surface area contributed by atoms with E-state index in [0.29, 0.717) is 12.5 Å². The number of hydrogen-bond donors (Lipinski definition) is 1. The van der Waals surface area contributed by atoms with E-state index in [4.69, 9.17) is 9.72 Å². The Morgan fingerprint density at radius 1 is 1.29 bits per heavy atom. The van der Waals surface area contributed by atoms with E-state index in [1.54, 1.807) is 11.3 Å². The molecule has 114 valence electrons. The quantitative estimate of drug-likeness (QED) is 0.821. The second kappa shape index (κ2) is 7.57. The molecule has 0 atom stereocenters. The Kier molecular flexibility index (Phi) is 5.76. The highest BCUT2D eigenvalue weighted by atomic mass is 32.1. The number of nitrogens with one attached hydrogen (secondary N) is 1. The largest absolute Gasteiger partial charge is 0.494 e.